The van der Waals surface area contributed by atoms with Gasteiger partial charge in [-0.1, -0.05) is 0 Å². The lowest BCUT2D eigenvalue weighted by Crippen LogP contribution is -2.42. The van der Waals surface area contributed by atoms with E-state index in [2.05, 4.69) is 17.0 Å². The lowest BCUT2D eigenvalue weighted by molar-refractivity contribution is 0.0305. The van der Waals surface area contributed by atoms with Crippen LogP contribution in [0.2, 0.25) is 0 Å². The second kappa shape index (κ2) is 4.28. The Morgan fingerprint density at radius 2 is 2.00 bits per heavy atom. The maximum absolute atomic E-state index is 7.51. The van der Waals surface area contributed by atoms with Gasteiger partial charge in [-0.3, -0.25) is 5.41 Å². The standard InChI is InChI=1S/C14H19N3O/c1-9-6-10(2-5-13(9)14(15)16)17-7-11-3-4-12(8-17)18-11/h2,5-6,11-12H,3-4,7-8H2,1H3,(H3,15,16). The number of rotatable bonds is 2. The van der Waals surface area contributed by atoms with Gasteiger partial charge in [-0.05, 0) is 43.5 Å². The fourth-order valence-corrected chi connectivity index (χ4v) is 2.97. The first-order valence-corrected chi connectivity index (χ1v) is 6.49. The summed E-state index contributed by atoms with van der Waals surface area (Å²) in [7, 11) is 0. The maximum Gasteiger partial charge on any atom is 0.123 e. The van der Waals surface area contributed by atoms with Crippen LogP contribution in [-0.2, 0) is 4.74 Å². The van der Waals surface area contributed by atoms with Crippen LogP contribution in [0.3, 0.4) is 0 Å². The molecule has 0 amide bonds. The molecule has 1 aromatic carbocycles. The molecule has 2 heterocycles. The number of morpholine rings is 1. The van der Waals surface area contributed by atoms with Crippen LogP contribution in [0.1, 0.15) is 24.0 Å². The molecular weight excluding hydrogens is 226 g/mol. The molecule has 2 saturated heterocycles. The number of amidine groups is 1. The lowest BCUT2D eigenvalue weighted by atomic mass is 10.1. The number of nitrogens with zero attached hydrogens (tertiary/aromatic N) is 1. The van der Waals surface area contributed by atoms with Crippen molar-refractivity contribution in [2.24, 2.45) is 5.73 Å². The van der Waals surface area contributed by atoms with Gasteiger partial charge in [-0.25, -0.2) is 0 Å². The number of hydrogen-bond donors (Lipinski definition) is 2. The monoisotopic (exact) mass is 245 g/mol. The van der Waals surface area contributed by atoms with Crippen molar-refractivity contribution in [2.75, 3.05) is 18.0 Å². The highest BCUT2D eigenvalue weighted by Crippen LogP contribution is 2.30. The van der Waals surface area contributed by atoms with Crippen LogP contribution in [0, 0.1) is 12.3 Å². The largest absolute Gasteiger partial charge is 0.384 e. The average molecular weight is 245 g/mol. The molecule has 2 aliphatic rings. The summed E-state index contributed by atoms with van der Waals surface area (Å²) in [6.07, 6.45) is 3.17. The molecule has 1 aromatic rings. The van der Waals surface area contributed by atoms with Crippen LogP contribution in [0.4, 0.5) is 5.69 Å². The molecule has 0 aromatic heterocycles. The lowest BCUT2D eigenvalue weighted by Gasteiger charge is -2.34. The highest BCUT2D eigenvalue weighted by molar-refractivity contribution is 5.96. The van der Waals surface area contributed by atoms with Crippen LogP contribution in [-0.4, -0.2) is 31.1 Å². The van der Waals surface area contributed by atoms with Crippen LogP contribution < -0.4 is 10.6 Å². The summed E-state index contributed by atoms with van der Waals surface area (Å²) in [6, 6.07) is 6.14. The Kier molecular flexibility index (Phi) is 2.74. The van der Waals surface area contributed by atoms with E-state index in [1.54, 1.807) is 0 Å². The number of hydrogen-bond acceptors (Lipinski definition) is 3. The Morgan fingerprint density at radius 1 is 1.33 bits per heavy atom. The van der Waals surface area contributed by atoms with E-state index >= 15 is 0 Å². The van der Waals surface area contributed by atoms with Crippen molar-refractivity contribution in [1.29, 1.82) is 5.41 Å². The Bertz CT molecular complexity index is 474. The van der Waals surface area contributed by atoms with Gasteiger partial charge in [0.15, 0.2) is 0 Å². The second-order valence-electron chi connectivity index (χ2n) is 5.28. The number of anilines is 1. The summed E-state index contributed by atoms with van der Waals surface area (Å²) in [6.45, 7) is 3.97. The minimum Gasteiger partial charge on any atom is -0.384 e. The summed E-state index contributed by atoms with van der Waals surface area (Å²) in [5.74, 6) is 0.140. The summed E-state index contributed by atoms with van der Waals surface area (Å²) in [5, 5.41) is 7.51. The van der Waals surface area contributed by atoms with Gasteiger partial charge < -0.3 is 15.4 Å². The van der Waals surface area contributed by atoms with Crippen molar-refractivity contribution in [3.8, 4) is 0 Å². The molecule has 0 saturated carbocycles. The predicted molar refractivity (Wildman–Crippen MR) is 72.3 cm³/mol. The van der Waals surface area contributed by atoms with Gasteiger partial charge in [0.1, 0.15) is 5.84 Å². The topological polar surface area (TPSA) is 62.3 Å². The minimum absolute atomic E-state index is 0.140. The van der Waals surface area contributed by atoms with E-state index in [0.717, 1.165) is 24.2 Å². The molecule has 4 heteroatoms. The van der Waals surface area contributed by atoms with Crippen molar-refractivity contribution in [2.45, 2.75) is 32.0 Å². The Labute approximate surface area is 107 Å². The molecule has 2 fully saturated rings. The second-order valence-corrected chi connectivity index (χ2v) is 5.28. The molecule has 3 rings (SSSR count). The summed E-state index contributed by atoms with van der Waals surface area (Å²) in [5.41, 5.74) is 8.66. The first kappa shape index (κ1) is 11.5. The molecule has 3 N–H and O–H groups in total. The molecule has 0 spiro atoms. The number of nitrogens with two attached hydrogens (primary N) is 1. The van der Waals surface area contributed by atoms with Gasteiger partial charge in [0.25, 0.3) is 0 Å². The van der Waals surface area contributed by atoms with Crippen LogP contribution in [0.15, 0.2) is 18.2 Å². The van der Waals surface area contributed by atoms with Gasteiger partial charge in [0, 0.05) is 24.3 Å². The van der Waals surface area contributed by atoms with E-state index in [4.69, 9.17) is 15.9 Å². The van der Waals surface area contributed by atoms with Gasteiger partial charge in [0.2, 0.25) is 0 Å². The zero-order chi connectivity index (χ0) is 12.7. The highest BCUT2D eigenvalue weighted by atomic mass is 16.5. The minimum atomic E-state index is 0.140. The first-order valence-electron chi connectivity index (χ1n) is 6.49. The summed E-state index contributed by atoms with van der Waals surface area (Å²) < 4.78 is 5.85. The molecule has 0 aliphatic carbocycles. The molecule has 4 nitrogen and oxygen atoms in total. The third-order valence-electron chi connectivity index (χ3n) is 3.91. The number of aryl methyl sites for hydroxylation is 1. The van der Waals surface area contributed by atoms with E-state index < -0.39 is 0 Å². The van der Waals surface area contributed by atoms with E-state index in [1.165, 1.54) is 18.5 Å². The molecule has 96 valence electrons. The van der Waals surface area contributed by atoms with Gasteiger partial charge in [-0.15, -0.1) is 0 Å². The maximum atomic E-state index is 7.51. The van der Waals surface area contributed by atoms with Crippen molar-refractivity contribution >= 4 is 11.5 Å². The Morgan fingerprint density at radius 3 is 2.56 bits per heavy atom. The summed E-state index contributed by atoms with van der Waals surface area (Å²) >= 11 is 0. The number of nitrogens with one attached hydrogen (secondary N) is 1. The first-order chi connectivity index (χ1) is 8.63. The van der Waals surface area contributed by atoms with Crippen molar-refractivity contribution in [1.82, 2.24) is 0 Å². The molecule has 18 heavy (non-hydrogen) atoms. The Hall–Kier alpha value is -1.55. The average Bonchev–Trinajstić information content (AvgIpc) is 2.67. The third kappa shape index (κ3) is 1.97. The SMILES string of the molecule is Cc1cc(N2CC3CCC(C2)O3)ccc1C(=N)N. The van der Waals surface area contributed by atoms with E-state index in [0.29, 0.717) is 12.2 Å². The van der Waals surface area contributed by atoms with E-state index in [9.17, 15) is 0 Å². The van der Waals surface area contributed by atoms with Crippen molar-refractivity contribution < 1.29 is 4.74 Å². The predicted octanol–water partition coefficient (Wildman–Crippen LogP) is 1.65. The van der Waals surface area contributed by atoms with Gasteiger partial charge >= 0.3 is 0 Å². The van der Waals surface area contributed by atoms with Crippen molar-refractivity contribution in [3.05, 3.63) is 29.3 Å². The fourth-order valence-electron chi connectivity index (χ4n) is 2.97. The van der Waals surface area contributed by atoms with Crippen LogP contribution >= 0.6 is 0 Å². The molecule has 0 radical (unpaired) electrons. The quantitative estimate of drug-likeness (QED) is 0.615. The van der Waals surface area contributed by atoms with Crippen LogP contribution in [0.5, 0.6) is 0 Å². The van der Waals surface area contributed by atoms with E-state index in [1.807, 2.05) is 13.0 Å². The fraction of sp³-hybridized carbons (Fsp3) is 0.500. The Balaban J connectivity index is 1.84. The normalized spacial score (nSPS) is 26.4. The summed E-state index contributed by atoms with van der Waals surface area (Å²) in [4.78, 5) is 2.39. The zero-order valence-corrected chi connectivity index (χ0v) is 10.6. The molecule has 2 bridgehead atoms. The van der Waals surface area contributed by atoms with E-state index in [-0.39, 0.29) is 5.84 Å². The highest BCUT2D eigenvalue weighted by Gasteiger charge is 2.33. The zero-order valence-electron chi connectivity index (χ0n) is 10.6. The number of benzene rings is 1. The van der Waals surface area contributed by atoms with Gasteiger partial charge in [-0.2, -0.15) is 0 Å². The third-order valence-corrected chi connectivity index (χ3v) is 3.91. The van der Waals surface area contributed by atoms with Gasteiger partial charge in [0.05, 0.1) is 12.2 Å². The number of nitrogen functional groups attached to an aromatic ring is 1. The molecule has 2 unspecified atom stereocenters. The number of fused-ring (bicyclic) bond motifs is 2. The molecule has 2 atom stereocenters. The molecular formula is C14H19N3O. The smallest absolute Gasteiger partial charge is 0.123 e. The number of ether oxygens (including phenoxy) is 1. The molecule has 2 aliphatic heterocycles. The van der Waals surface area contributed by atoms with Crippen molar-refractivity contribution in [3.63, 3.8) is 0 Å². The van der Waals surface area contributed by atoms with Crippen LogP contribution in [0.25, 0.3) is 0 Å².